The van der Waals surface area contributed by atoms with Crippen molar-refractivity contribution in [2.45, 2.75) is 38.8 Å². The summed E-state index contributed by atoms with van der Waals surface area (Å²) in [7, 11) is 0. The Morgan fingerprint density at radius 1 is 1.60 bits per heavy atom. The molecule has 0 aliphatic carbocycles. The molecule has 1 unspecified atom stereocenters. The van der Waals surface area contributed by atoms with Gasteiger partial charge < -0.3 is 20.5 Å². The second-order valence-corrected chi connectivity index (χ2v) is 6.09. The van der Waals surface area contributed by atoms with E-state index in [0.29, 0.717) is 25.4 Å². The van der Waals surface area contributed by atoms with Crippen LogP contribution in [0.2, 0.25) is 0 Å². The Balaban J connectivity index is 2.25. The molecule has 0 radical (unpaired) electrons. The Morgan fingerprint density at radius 2 is 2.30 bits per heavy atom. The van der Waals surface area contributed by atoms with Gasteiger partial charge in [0, 0.05) is 23.6 Å². The highest BCUT2D eigenvalue weighted by molar-refractivity contribution is 5.66. The average Bonchev–Trinajstić information content (AvgIpc) is 2.33. The van der Waals surface area contributed by atoms with Gasteiger partial charge in [0.1, 0.15) is 0 Å². The number of carboxylic acid groups (broad SMARTS) is 1. The maximum Gasteiger partial charge on any atom is 0.407 e. The number of nitrogens with zero attached hydrogens (tertiary/aromatic N) is 2. The second kappa shape index (κ2) is 5.28. The normalized spacial score (nSPS) is 18.4. The Kier molecular flexibility index (Phi) is 3.85. The molecule has 1 amide bonds. The van der Waals surface area contributed by atoms with Crippen molar-refractivity contribution in [2.75, 3.05) is 18.9 Å². The van der Waals surface area contributed by atoms with Crippen LogP contribution in [0.25, 0.3) is 0 Å². The molecule has 0 aromatic carbocycles. The van der Waals surface area contributed by atoms with Gasteiger partial charge in [-0.1, -0.05) is 0 Å². The van der Waals surface area contributed by atoms with Gasteiger partial charge in [0.2, 0.25) is 0 Å². The van der Waals surface area contributed by atoms with E-state index in [1.165, 1.54) is 4.90 Å². The summed E-state index contributed by atoms with van der Waals surface area (Å²) in [6.07, 6.45) is 0.680. The lowest BCUT2D eigenvalue weighted by Crippen LogP contribution is -2.48. The molecule has 1 aliphatic rings. The first-order valence-electron chi connectivity index (χ1n) is 6.61. The van der Waals surface area contributed by atoms with Gasteiger partial charge in [-0.2, -0.15) is 0 Å². The second-order valence-electron chi connectivity index (χ2n) is 6.09. The molecule has 1 aliphatic heterocycles. The van der Waals surface area contributed by atoms with Crippen molar-refractivity contribution in [3.8, 4) is 0 Å². The third-order valence-electron chi connectivity index (χ3n) is 3.43. The third kappa shape index (κ3) is 3.01. The first-order chi connectivity index (χ1) is 9.29. The largest absolute Gasteiger partial charge is 0.465 e. The van der Waals surface area contributed by atoms with Crippen molar-refractivity contribution < 1.29 is 14.6 Å². The highest BCUT2D eigenvalue weighted by Gasteiger charge is 2.32. The molecule has 1 aromatic heterocycles. The van der Waals surface area contributed by atoms with Crippen molar-refractivity contribution in [3.05, 3.63) is 23.5 Å². The number of hydrogen-bond donors (Lipinski definition) is 2. The monoisotopic (exact) mass is 279 g/mol. The fourth-order valence-corrected chi connectivity index (χ4v) is 2.41. The van der Waals surface area contributed by atoms with E-state index < -0.39 is 11.6 Å². The highest BCUT2D eigenvalue weighted by atomic mass is 16.5. The number of carbonyl (C=O) groups is 1. The molecule has 0 bridgehead atoms. The van der Waals surface area contributed by atoms with Gasteiger partial charge >= 0.3 is 6.09 Å². The van der Waals surface area contributed by atoms with Gasteiger partial charge in [-0.25, -0.2) is 4.79 Å². The zero-order valence-corrected chi connectivity index (χ0v) is 12.1. The van der Waals surface area contributed by atoms with Crippen LogP contribution in [-0.2, 0) is 11.3 Å². The van der Waals surface area contributed by atoms with Gasteiger partial charge in [-0.15, -0.1) is 0 Å². The molecule has 1 aromatic rings. The predicted octanol–water partition coefficient (Wildman–Crippen LogP) is 2.06. The standard InChI is InChI=1S/C14H21N3O3/c1-14(2,3)17(13(18)19)6-10-8-20-7-9-4-11(15)5-16-12(9)10/h4-5,10H,6-8,15H2,1-3H3,(H,18,19). The lowest BCUT2D eigenvalue weighted by atomic mass is 9.95. The summed E-state index contributed by atoms with van der Waals surface area (Å²) >= 11 is 0. The molecule has 6 heteroatoms. The Hall–Kier alpha value is -1.82. The minimum atomic E-state index is -0.930. The molecular formula is C14H21N3O3. The van der Waals surface area contributed by atoms with Crippen LogP contribution in [-0.4, -0.2) is 39.8 Å². The van der Waals surface area contributed by atoms with Crippen LogP contribution in [0.1, 0.15) is 37.9 Å². The molecule has 20 heavy (non-hydrogen) atoms. The van der Waals surface area contributed by atoms with Crippen molar-refractivity contribution in [2.24, 2.45) is 0 Å². The number of aromatic nitrogens is 1. The smallest absolute Gasteiger partial charge is 0.407 e. The van der Waals surface area contributed by atoms with E-state index >= 15 is 0 Å². The SMILES string of the molecule is CC(C)(C)N(CC1COCc2cc(N)cnc21)C(=O)O. The van der Waals surface area contributed by atoms with E-state index in [9.17, 15) is 9.90 Å². The summed E-state index contributed by atoms with van der Waals surface area (Å²) in [4.78, 5) is 17.2. The molecule has 3 N–H and O–H groups in total. The van der Waals surface area contributed by atoms with Crippen LogP contribution < -0.4 is 5.73 Å². The first-order valence-corrected chi connectivity index (χ1v) is 6.61. The number of nitrogens with two attached hydrogens (primary N) is 1. The minimum Gasteiger partial charge on any atom is -0.465 e. The molecule has 0 saturated heterocycles. The van der Waals surface area contributed by atoms with E-state index in [1.54, 1.807) is 6.20 Å². The van der Waals surface area contributed by atoms with E-state index in [4.69, 9.17) is 10.5 Å². The number of fused-ring (bicyclic) bond motifs is 1. The van der Waals surface area contributed by atoms with Gasteiger partial charge in [-0.3, -0.25) is 4.98 Å². The van der Waals surface area contributed by atoms with Crippen molar-refractivity contribution in [3.63, 3.8) is 0 Å². The van der Waals surface area contributed by atoms with E-state index in [2.05, 4.69) is 4.98 Å². The van der Waals surface area contributed by atoms with Crippen molar-refractivity contribution in [1.29, 1.82) is 0 Å². The summed E-state index contributed by atoms with van der Waals surface area (Å²) in [6.45, 7) is 6.95. The molecule has 0 spiro atoms. The van der Waals surface area contributed by atoms with Gasteiger partial charge in [-0.05, 0) is 26.8 Å². The van der Waals surface area contributed by atoms with Crippen molar-refractivity contribution >= 4 is 11.8 Å². The Bertz CT molecular complexity index is 511. The van der Waals surface area contributed by atoms with Crippen molar-refractivity contribution in [1.82, 2.24) is 9.88 Å². The Morgan fingerprint density at radius 3 is 2.90 bits per heavy atom. The zero-order chi connectivity index (χ0) is 14.9. The molecule has 2 rings (SSSR count). The highest BCUT2D eigenvalue weighted by Crippen LogP contribution is 2.28. The Labute approximate surface area is 118 Å². The van der Waals surface area contributed by atoms with E-state index in [-0.39, 0.29) is 5.92 Å². The number of pyridine rings is 1. The third-order valence-corrected chi connectivity index (χ3v) is 3.43. The average molecular weight is 279 g/mol. The van der Waals surface area contributed by atoms with Crippen LogP contribution in [0.5, 0.6) is 0 Å². The lowest BCUT2D eigenvalue weighted by Gasteiger charge is -2.37. The van der Waals surface area contributed by atoms with Crippen LogP contribution in [0.15, 0.2) is 12.3 Å². The number of hydrogen-bond acceptors (Lipinski definition) is 4. The fourth-order valence-electron chi connectivity index (χ4n) is 2.41. The topological polar surface area (TPSA) is 88.7 Å². The maximum atomic E-state index is 11.4. The van der Waals surface area contributed by atoms with Crippen LogP contribution in [0, 0.1) is 0 Å². The minimum absolute atomic E-state index is 0.0605. The van der Waals surface area contributed by atoms with Crippen LogP contribution in [0.4, 0.5) is 10.5 Å². The number of amides is 1. The van der Waals surface area contributed by atoms with E-state index in [1.807, 2.05) is 26.8 Å². The molecule has 2 heterocycles. The summed E-state index contributed by atoms with van der Waals surface area (Å²) in [5.74, 6) is -0.0605. The number of ether oxygens (including phenoxy) is 1. The fraction of sp³-hybridized carbons (Fsp3) is 0.571. The van der Waals surface area contributed by atoms with Crippen LogP contribution >= 0.6 is 0 Å². The first kappa shape index (κ1) is 14.6. The summed E-state index contributed by atoms with van der Waals surface area (Å²) in [5.41, 5.74) is 7.69. The number of nitrogen functional groups attached to an aromatic ring is 1. The summed E-state index contributed by atoms with van der Waals surface area (Å²) < 4.78 is 5.54. The number of anilines is 1. The van der Waals surface area contributed by atoms with E-state index in [0.717, 1.165) is 11.3 Å². The summed E-state index contributed by atoms with van der Waals surface area (Å²) in [5, 5.41) is 9.38. The number of rotatable bonds is 2. The zero-order valence-electron chi connectivity index (χ0n) is 12.1. The van der Waals surface area contributed by atoms with Crippen LogP contribution in [0.3, 0.4) is 0 Å². The molecule has 1 atom stereocenters. The molecule has 110 valence electrons. The molecule has 0 saturated carbocycles. The maximum absolute atomic E-state index is 11.4. The quantitative estimate of drug-likeness (QED) is 0.865. The lowest BCUT2D eigenvalue weighted by molar-refractivity contribution is 0.0554. The molecule has 0 fully saturated rings. The summed E-state index contributed by atoms with van der Waals surface area (Å²) in [6, 6.07) is 1.84. The predicted molar refractivity (Wildman–Crippen MR) is 75.5 cm³/mol. The molecular weight excluding hydrogens is 258 g/mol. The molecule has 6 nitrogen and oxygen atoms in total. The van der Waals surface area contributed by atoms with Gasteiger partial charge in [0.15, 0.2) is 0 Å². The van der Waals surface area contributed by atoms with Gasteiger partial charge in [0.05, 0.1) is 30.8 Å². The van der Waals surface area contributed by atoms with Gasteiger partial charge in [0.25, 0.3) is 0 Å².